The molecule has 1 aliphatic rings. The van der Waals surface area contributed by atoms with Crippen molar-refractivity contribution in [2.45, 2.75) is 12.7 Å². The van der Waals surface area contributed by atoms with E-state index in [-0.39, 0.29) is 6.61 Å². The van der Waals surface area contributed by atoms with Gasteiger partial charge in [-0.25, -0.2) is 0 Å². The van der Waals surface area contributed by atoms with Crippen LogP contribution in [0.2, 0.25) is 0 Å². The molecule has 0 bridgehead atoms. The van der Waals surface area contributed by atoms with Crippen molar-refractivity contribution in [3.63, 3.8) is 0 Å². The standard InChI is InChI=1S/C23H32N2O5/c1-27-21-6-4-19(5-7-21)25-12-10-24(11-13-25)15-20(26)17-30-16-18-14-22(28-2)8-9-23(18)29-3/h4-9,14,20,26H,10-13,15-17H2,1-3H3/t20-/m1/s1. The van der Waals surface area contributed by atoms with Crippen molar-refractivity contribution < 1.29 is 24.1 Å². The van der Waals surface area contributed by atoms with Crippen LogP contribution in [0.1, 0.15) is 5.56 Å². The number of β-amino-alcohol motifs (C(OH)–C–C–N with tert-alkyl or cyclic N) is 1. The highest BCUT2D eigenvalue weighted by molar-refractivity contribution is 5.49. The van der Waals surface area contributed by atoms with E-state index in [4.69, 9.17) is 18.9 Å². The van der Waals surface area contributed by atoms with Gasteiger partial charge in [-0.2, -0.15) is 0 Å². The molecule has 2 aromatic rings. The van der Waals surface area contributed by atoms with Crippen LogP contribution in [0.3, 0.4) is 0 Å². The van der Waals surface area contributed by atoms with Gasteiger partial charge in [0, 0.05) is 44.0 Å². The average molecular weight is 417 g/mol. The Hall–Kier alpha value is -2.48. The minimum Gasteiger partial charge on any atom is -0.497 e. The van der Waals surface area contributed by atoms with Crippen molar-refractivity contribution in [3.8, 4) is 17.2 Å². The van der Waals surface area contributed by atoms with Crippen LogP contribution < -0.4 is 19.1 Å². The van der Waals surface area contributed by atoms with Crippen molar-refractivity contribution in [3.05, 3.63) is 48.0 Å². The maximum Gasteiger partial charge on any atom is 0.124 e. The Labute approximate surface area is 178 Å². The summed E-state index contributed by atoms with van der Waals surface area (Å²) in [7, 11) is 4.94. The number of benzene rings is 2. The second-order valence-electron chi connectivity index (χ2n) is 7.33. The number of aliphatic hydroxyl groups is 1. The van der Waals surface area contributed by atoms with Crippen LogP contribution in [0, 0.1) is 0 Å². The van der Waals surface area contributed by atoms with E-state index in [1.165, 1.54) is 5.69 Å². The first-order valence-electron chi connectivity index (χ1n) is 10.2. The summed E-state index contributed by atoms with van der Waals surface area (Å²) in [5, 5.41) is 10.4. The Morgan fingerprint density at radius 3 is 2.17 bits per heavy atom. The van der Waals surface area contributed by atoms with Crippen LogP contribution in [0.4, 0.5) is 5.69 Å². The van der Waals surface area contributed by atoms with Gasteiger partial charge in [0.1, 0.15) is 17.2 Å². The Balaban J connectivity index is 1.40. The maximum absolute atomic E-state index is 10.4. The van der Waals surface area contributed by atoms with E-state index in [1.54, 1.807) is 21.3 Å². The molecule has 0 amide bonds. The van der Waals surface area contributed by atoms with Gasteiger partial charge in [0.05, 0.1) is 40.6 Å². The zero-order valence-electron chi connectivity index (χ0n) is 18.0. The molecule has 30 heavy (non-hydrogen) atoms. The predicted octanol–water partition coefficient (Wildman–Crippen LogP) is 2.41. The van der Waals surface area contributed by atoms with Gasteiger partial charge in [-0.3, -0.25) is 4.90 Å². The number of nitrogens with zero attached hydrogens (tertiary/aromatic N) is 2. The topological polar surface area (TPSA) is 63.6 Å². The molecule has 1 heterocycles. The molecular weight excluding hydrogens is 384 g/mol. The third-order valence-corrected chi connectivity index (χ3v) is 5.33. The number of hydrogen-bond donors (Lipinski definition) is 1. The van der Waals surface area contributed by atoms with E-state index in [1.807, 2.05) is 30.3 Å². The van der Waals surface area contributed by atoms with E-state index in [0.29, 0.717) is 13.2 Å². The summed E-state index contributed by atoms with van der Waals surface area (Å²) >= 11 is 0. The van der Waals surface area contributed by atoms with Crippen LogP contribution in [-0.2, 0) is 11.3 Å². The van der Waals surface area contributed by atoms with Gasteiger partial charge in [-0.1, -0.05) is 0 Å². The van der Waals surface area contributed by atoms with E-state index < -0.39 is 6.10 Å². The second-order valence-corrected chi connectivity index (χ2v) is 7.33. The summed E-state index contributed by atoms with van der Waals surface area (Å²) in [6.45, 7) is 4.93. The monoisotopic (exact) mass is 416 g/mol. The lowest BCUT2D eigenvalue weighted by Gasteiger charge is -2.36. The van der Waals surface area contributed by atoms with Gasteiger partial charge in [0.15, 0.2) is 0 Å². The summed E-state index contributed by atoms with van der Waals surface area (Å²) in [5.74, 6) is 2.37. The fourth-order valence-electron chi connectivity index (χ4n) is 3.63. The van der Waals surface area contributed by atoms with Crippen LogP contribution >= 0.6 is 0 Å². The molecule has 2 aromatic carbocycles. The highest BCUT2D eigenvalue weighted by atomic mass is 16.5. The summed E-state index contributed by atoms with van der Waals surface area (Å²) in [5.41, 5.74) is 2.10. The van der Waals surface area contributed by atoms with Gasteiger partial charge < -0.3 is 29.0 Å². The van der Waals surface area contributed by atoms with Gasteiger partial charge in [-0.15, -0.1) is 0 Å². The number of rotatable bonds is 10. The molecule has 164 valence electrons. The molecule has 7 heteroatoms. The normalized spacial score (nSPS) is 15.7. The predicted molar refractivity (Wildman–Crippen MR) is 117 cm³/mol. The molecule has 3 rings (SSSR count). The maximum atomic E-state index is 10.4. The van der Waals surface area contributed by atoms with Crippen molar-refractivity contribution in [2.24, 2.45) is 0 Å². The molecule has 7 nitrogen and oxygen atoms in total. The molecular formula is C23H32N2O5. The molecule has 1 atom stereocenters. The van der Waals surface area contributed by atoms with Gasteiger partial charge >= 0.3 is 0 Å². The molecule has 1 aliphatic heterocycles. The molecule has 1 fully saturated rings. The number of ether oxygens (including phenoxy) is 4. The number of hydrogen-bond acceptors (Lipinski definition) is 7. The summed E-state index contributed by atoms with van der Waals surface area (Å²) in [6.07, 6.45) is -0.533. The molecule has 0 aliphatic carbocycles. The van der Waals surface area contributed by atoms with Crippen molar-refractivity contribution >= 4 is 5.69 Å². The van der Waals surface area contributed by atoms with Gasteiger partial charge in [0.2, 0.25) is 0 Å². The summed E-state index contributed by atoms with van der Waals surface area (Å²) in [6, 6.07) is 13.7. The molecule has 1 saturated heterocycles. The van der Waals surface area contributed by atoms with E-state index in [0.717, 1.165) is 49.0 Å². The Morgan fingerprint density at radius 2 is 1.53 bits per heavy atom. The van der Waals surface area contributed by atoms with Crippen molar-refractivity contribution in [2.75, 3.05) is 65.6 Å². The number of aliphatic hydroxyl groups excluding tert-OH is 1. The zero-order chi connectivity index (χ0) is 21.3. The van der Waals surface area contributed by atoms with Crippen LogP contribution in [0.15, 0.2) is 42.5 Å². The molecule has 0 radical (unpaired) electrons. The average Bonchev–Trinajstić information content (AvgIpc) is 2.79. The second kappa shape index (κ2) is 11.1. The Morgan fingerprint density at radius 1 is 0.867 bits per heavy atom. The summed E-state index contributed by atoms with van der Waals surface area (Å²) < 4.78 is 21.6. The first-order valence-corrected chi connectivity index (χ1v) is 10.2. The molecule has 0 unspecified atom stereocenters. The van der Waals surface area contributed by atoms with E-state index >= 15 is 0 Å². The number of methoxy groups -OCH3 is 3. The zero-order valence-corrected chi connectivity index (χ0v) is 18.0. The lowest BCUT2D eigenvalue weighted by Crippen LogP contribution is -2.49. The number of anilines is 1. The first-order chi connectivity index (χ1) is 14.6. The number of piperazine rings is 1. The molecule has 0 aromatic heterocycles. The van der Waals surface area contributed by atoms with Gasteiger partial charge in [0.25, 0.3) is 0 Å². The molecule has 0 spiro atoms. The highest BCUT2D eigenvalue weighted by Gasteiger charge is 2.20. The molecule has 0 saturated carbocycles. The van der Waals surface area contributed by atoms with Crippen LogP contribution in [-0.4, -0.2) is 76.8 Å². The van der Waals surface area contributed by atoms with Crippen LogP contribution in [0.25, 0.3) is 0 Å². The first kappa shape index (κ1) is 22.2. The van der Waals surface area contributed by atoms with Crippen LogP contribution in [0.5, 0.6) is 17.2 Å². The Bertz CT molecular complexity index is 776. The van der Waals surface area contributed by atoms with E-state index in [9.17, 15) is 5.11 Å². The SMILES string of the molecule is COc1ccc(N2CCN(C[C@@H](O)COCc3cc(OC)ccc3OC)CC2)cc1. The summed E-state index contributed by atoms with van der Waals surface area (Å²) in [4.78, 5) is 4.63. The van der Waals surface area contributed by atoms with Crippen molar-refractivity contribution in [1.82, 2.24) is 4.90 Å². The smallest absolute Gasteiger partial charge is 0.124 e. The highest BCUT2D eigenvalue weighted by Crippen LogP contribution is 2.25. The molecule has 1 N–H and O–H groups in total. The lowest BCUT2D eigenvalue weighted by atomic mass is 10.2. The quantitative estimate of drug-likeness (QED) is 0.638. The van der Waals surface area contributed by atoms with E-state index in [2.05, 4.69) is 21.9 Å². The Kier molecular flexibility index (Phi) is 8.19. The fraction of sp³-hybridized carbons (Fsp3) is 0.478. The largest absolute Gasteiger partial charge is 0.497 e. The van der Waals surface area contributed by atoms with Gasteiger partial charge in [-0.05, 0) is 42.5 Å². The minimum absolute atomic E-state index is 0.277. The third-order valence-electron chi connectivity index (χ3n) is 5.33. The van der Waals surface area contributed by atoms with Crippen molar-refractivity contribution in [1.29, 1.82) is 0 Å². The fourth-order valence-corrected chi connectivity index (χ4v) is 3.63. The minimum atomic E-state index is -0.533. The lowest BCUT2D eigenvalue weighted by molar-refractivity contribution is 0.00862. The third kappa shape index (κ3) is 6.01.